The second-order valence-corrected chi connectivity index (χ2v) is 9.30. The first kappa shape index (κ1) is 22.8. The van der Waals surface area contributed by atoms with Gasteiger partial charge in [-0.1, -0.05) is 0 Å². The van der Waals surface area contributed by atoms with Crippen LogP contribution in [-0.2, 0) is 38.7 Å². The Morgan fingerprint density at radius 2 is 1.00 bits per heavy atom. The average molecular weight is 390 g/mol. The molecule has 0 aromatic rings. The van der Waals surface area contributed by atoms with Crippen LogP contribution in [0, 0.1) is 0 Å². The lowest BCUT2D eigenvalue weighted by Crippen LogP contribution is -2.21. The Morgan fingerprint density at radius 3 is 1.29 bits per heavy atom. The monoisotopic (exact) mass is 390 g/mol. The molecule has 0 rings (SSSR count). The predicted octanol–water partition coefficient (Wildman–Crippen LogP) is -2.33. The van der Waals surface area contributed by atoms with Crippen LogP contribution in [0.1, 0.15) is 12.8 Å². The molecule has 0 saturated heterocycles. The van der Waals surface area contributed by atoms with Gasteiger partial charge in [0.1, 0.15) is 13.2 Å². The number of ether oxygens (including phenoxy) is 2. The molecule has 142 valence electrons. The van der Waals surface area contributed by atoms with Gasteiger partial charge in [-0.2, -0.15) is 0 Å². The molecule has 24 heavy (non-hydrogen) atoms. The Balaban J connectivity index is 3.89. The molecule has 0 amide bonds. The zero-order valence-electron chi connectivity index (χ0n) is 13.0. The van der Waals surface area contributed by atoms with Gasteiger partial charge in [0.05, 0.1) is 49.1 Å². The molecule has 0 aromatic carbocycles. The lowest BCUT2D eigenvalue weighted by atomic mass is 10.3. The van der Waals surface area contributed by atoms with E-state index in [-0.39, 0.29) is 26.1 Å². The number of aliphatic hydroxyl groups excluding tert-OH is 2. The van der Waals surface area contributed by atoms with Crippen LogP contribution in [0.3, 0.4) is 0 Å². The number of hydrogen-bond donors (Lipinski definition) is 2. The van der Waals surface area contributed by atoms with Crippen LogP contribution < -0.4 is 0 Å². The summed E-state index contributed by atoms with van der Waals surface area (Å²) in [6.07, 6.45) is -0.662. The van der Waals surface area contributed by atoms with Crippen LogP contribution in [-0.4, -0.2) is 88.4 Å². The SMILES string of the molecule is O=C(CCC(=O)OCCS(=O)(=O)CCO)OCCS(=O)(=O)CCO. The summed E-state index contributed by atoms with van der Waals surface area (Å²) >= 11 is 0. The van der Waals surface area contributed by atoms with E-state index >= 15 is 0 Å². The number of carbonyl (C=O) groups excluding carboxylic acids is 2. The molecule has 2 N–H and O–H groups in total. The Kier molecular flexibility index (Phi) is 10.8. The second-order valence-electron chi connectivity index (χ2n) is 4.69. The molecule has 12 heteroatoms. The molecular weight excluding hydrogens is 368 g/mol. The maximum Gasteiger partial charge on any atom is 0.306 e. The van der Waals surface area contributed by atoms with Crippen LogP contribution in [0.2, 0.25) is 0 Å². The fourth-order valence-corrected chi connectivity index (χ4v) is 3.03. The second kappa shape index (κ2) is 11.3. The summed E-state index contributed by atoms with van der Waals surface area (Å²) in [6.45, 7) is -1.79. The van der Waals surface area contributed by atoms with Crippen molar-refractivity contribution in [1.82, 2.24) is 0 Å². The van der Waals surface area contributed by atoms with E-state index in [9.17, 15) is 26.4 Å². The molecule has 0 saturated carbocycles. The van der Waals surface area contributed by atoms with Gasteiger partial charge in [-0.3, -0.25) is 9.59 Å². The summed E-state index contributed by atoms with van der Waals surface area (Å²) in [5, 5.41) is 17.0. The minimum absolute atomic E-state index is 0.331. The normalized spacial score (nSPS) is 11.9. The van der Waals surface area contributed by atoms with Gasteiger partial charge >= 0.3 is 11.9 Å². The van der Waals surface area contributed by atoms with Crippen molar-refractivity contribution in [2.24, 2.45) is 0 Å². The molecule has 0 aliphatic heterocycles. The van der Waals surface area contributed by atoms with Crippen LogP contribution in [0.25, 0.3) is 0 Å². The van der Waals surface area contributed by atoms with E-state index in [1.807, 2.05) is 0 Å². The molecule has 0 aliphatic carbocycles. The van der Waals surface area contributed by atoms with Gasteiger partial charge in [-0.05, 0) is 0 Å². The highest BCUT2D eigenvalue weighted by atomic mass is 32.2. The van der Waals surface area contributed by atoms with Crippen molar-refractivity contribution in [3.05, 3.63) is 0 Å². The maximum atomic E-state index is 11.3. The van der Waals surface area contributed by atoms with Gasteiger partial charge in [0.2, 0.25) is 0 Å². The van der Waals surface area contributed by atoms with Crippen molar-refractivity contribution in [3.63, 3.8) is 0 Å². The Hall–Kier alpha value is -1.24. The molecule has 0 bridgehead atoms. The minimum atomic E-state index is -3.48. The predicted molar refractivity (Wildman–Crippen MR) is 82.6 cm³/mol. The number of sulfone groups is 2. The van der Waals surface area contributed by atoms with E-state index in [1.54, 1.807) is 0 Å². The summed E-state index contributed by atoms with van der Waals surface area (Å²) in [4.78, 5) is 22.6. The van der Waals surface area contributed by atoms with Crippen molar-refractivity contribution < 1.29 is 46.1 Å². The minimum Gasteiger partial charge on any atom is -0.465 e. The fraction of sp³-hybridized carbons (Fsp3) is 0.833. The van der Waals surface area contributed by atoms with Crippen LogP contribution >= 0.6 is 0 Å². The Labute approximate surface area is 140 Å². The third kappa shape index (κ3) is 12.2. The van der Waals surface area contributed by atoms with Gasteiger partial charge in [0.25, 0.3) is 0 Å². The molecule has 10 nitrogen and oxygen atoms in total. The highest BCUT2D eigenvalue weighted by Gasteiger charge is 2.14. The number of hydrogen-bond acceptors (Lipinski definition) is 10. The zero-order valence-corrected chi connectivity index (χ0v) is 14.7. The first-order valence-electron chi connectivity index (χ1n) is 7.05. The quantitative estimate of drug-likeness (QED) is 0.326. The van der Waals surface area contributed by atoms with Crippen molar-refractivity contribution in [1.29, 1.82) is 0 Å². The molecule has 0 spiro atoms. The number of esters is 2. The maximum absolute atomic E-state index is 11.3. The van der Waals surface area contributed by atoms with Gasteiger partial charge in [0.15, 0.2) is 19.7 Å². The van der Waals surface area contributed by atoms with Gasteiger partial charge in [0, 0.05) is 0 Å². The number of aliphatic hydroxyl groups is 2. The van der Waals surface area contributed by atoms with Crippen molar-refractivity contribution in [3.8, 4) is 0 Å². The van der Waals surface area contributed by atoms with E-state index in [2.05, 4.69) is 9.47 Å². The molecular formula is C12H22O10S2. The largest absolute Gasteiger partial charge is 0.465 e. The van der Waals surface area contributed by atoms with E-state index < -0.39 is 67.8 Å². The number of carbonyl (C=O) groups is 2. The molecule has 0 aromatic heterocycles. The summed E-state index contributed by atoms with van der Waals surface area (Å²) in [7, 11) is -6.97. The van der Waals surface area contributed by atoms with Gasteiger partial charge < -0.3 is 19.7 Å². The van der Waals surface area contributed by atoms with E-state index in [4.69, 9.17) is 10.2 Å². The lowest BCUT2D eigenvalue weighted by molar-refractivity contribution is -0.149. The molecule has 0 heterocycles. The summed E-state index contributed by atoms with van der Waals surface area (Å²) in [6, 6.07) is 0. The van der Waals surface area contributed by atoms with Crippen LogP contribution in [0.5, 0.6) is 0 Å². The van der Waals surface area contributed by atoms with Crippen molar-refractivity contribution in [2.75, 3.05) is 49.4 Å². The lowest BCUT2D eigenvalue weighted by Gasteiger charge is -2.06. The van der Waals surface area contributed by atoms with Crippen molar-refractivity contribution in [2.45, 2.75) is 12.8 Å². The highest BCUT2D eigenvalue weighted by Crippen LogP contribution is 1.99. The fourth-order valence-electron chi connectivity index (χ4n) is 1.40. The standard InChI is InChI=1S/C12H22O10S2/c13-3-7-23(17,18)9-5-21-11(15)1-2-12(16)22-6-10-24(19,20)8-4-14/h13-14H,1-10H2. The summed E-state index contributed by atoms with van der Waals surface area (Å²) in [5.41, 5.74) is 0. The Bertz CT molecular complexity index is 539. The van der Waals surface area contributed by atoms with E-state index in [1.165, 1.54) is 0 Å². The molecule has 0 atom stereocenters. The Morgan fingerprint density at radius 1 is 0.667 bits per heavy atom. The average Bonchev–Trinajstić information content (AvgIpc) is 2.44. The first-order chi connectivity index (χ1) is 11.1. The van der Waals surface area contributed by atoms with Crippen molar-refractivity contribution >= 4 is 31.6 Å². The third-order valence-corrected chi connectivity index (χ3v) is 5.84. The van der Waals surface area contributed by atoms with E-state index in [0.29, 0.717) is 0 Å². The first-order valence-corrected chi connectivity index (χ1v) is 10.7. The van der Waals surface area contributed by atoms with Gasteiger partial charge in [-0.15, -0.1) is 0 Å². The van der Waals surface area contributed by atoms with Crippen LogP contribution in [0.15, 0.2) is 0 Å². The third-order valence-electron chi connectivity index (χ3n) is 2.65. The molecule has 0 unspecified atom stereocenters. The molecule has 0 aliphatic rings. The summed E-state index contributed by atoms with van der Waals surface area (Å²) in [5.74, 6) is -3.27. The molecule has 0 fully saturated rings. The number of rotatable bonds is 13. The highest BCUT2D eigenvalue weighted by molar-refractivity contribution is 7.91. The van der Waals surface area contributed by atoms with E-state index in [0.717, 1.165) is 0 Å². The topological polar surface area (TPSA) is 161 Å². The smallest absolute Gasteiger partial charge is 0.306 e. The zero-order chi connectivity index (χ0) is 18.6. The summed E-state index contributed by atoms with van der Waals surface area (Å²) < 4.78 is 54.2. The molecule has 0 radical (unpaired) electrons. The van der Waals surface area contributed by atoms with Crippen LogP contribution in [0.4, 0.5) is 0 Å². The van der Waals surface area contributed by atoms with Gasteiger partial charge in [-0.25, -0.2) is 16.8 Å².